The second kappa shape index (κ2) is 10.1. The maximum atomic E-state index is 12.7. The number of benzene rings is 1. The number of anilines is 1. The molecule has 2 rings (SSSR count). The van der Waals surface area contributed by atoms with Crippen molar-refractivity contribution in [2.75, 3.05) is 5.32 Å². The third kappa shape index (κ3) is 5.84. The van der Waals surface area contributed by atoms with Crippen molar-refractivity contribution in [3.05, 3.63) is 51.5 Å². The SMILES string of the molecule is CC(=O)c1ccc(NC(=O)[C@H]2CC=CC[C@@H]2C(=O)O[C@@H](C)C(Cl)=C(Cl)Cl)cc1. The number of hydrogen-bond donors (Lipinski definition) is 1. The number of carbonyl (C=O) groups excluding carboxylic acids is 3. The molecule has 0 radical (unpaired) electrons. The molecule has 1 aliphatic rings. The van der Waals surface area contributed by atoms with Crippen LogP contribution in [-0.4, -0.2) is 23.8 Å². The molecule has 0 bridgehead atoms. The van der Waals surface area contributed by atoms with Gasteiger partial charge in [0.05, 0.1) is 16.9 Å². The van der Waals surface area contributed by atoms with Crippen LogP contribution in [0.2, 0.25) is 0 Å². The third-order valence-corrected chi connectivity index (χ3v) is 5.56. The minimum atomic E-state index is -0.812. The van der Waals surface area contributed by atoms with Gasteiger partial charge in [-0.2, -0.15) is 0 Å². The standard InChI is InChI=1S/C20H20Cl3NO4/c1-11(25)13-7-9-14(10-8-13)24-19(26)15-5-3-4-6-16(15)20(27)28-12(2)17(21)18(22)23/h3-4,7-10,12,15-16H,5-6H2,1-2H3,(H,24,26)/t12-,15-,16-/m0/s1. The number of allylic oxidation sites excluding steroid dienone is 2. The normalized spacial score (nSPS) is 19.5. The highest BCUT2D eigenvalue weighted by Crippen LogP contribution is 2.30. The molecule has 0 heterocycles. The van der Waals surface area contributed by atoms with Crippen LogP contribution >= 0.6 is 34.8 Å². The molecular formula is C20H20Cl3NO4. The largest absolute Gasteiger partial charge is 0.457 e. The molecular weight excluding hydrogens is 425 g/mol. The molecule has 0 aromatic heterocycles. The minimum absolute atomic E-state index is 0.0228. The minimum Gasteiger partial charge on any atom is -0.457 e. The van der Waals surface area contributed by atoms with Gasteiger partial charge >= 0.3 is 5.97 Å². The fourth-order valence-corrected chi connectivity index (χ4v) is 3.21. The van der Waals surface area contributed by atoms with Gasteiger partial charge in [-0.05, 0) is 51.0 Å². The zero-order chi connectivity index (χ0) is 20.8. The number of esters is 1. The Hall–Kier alpha value is -1.82. The highest BCUT2D eigenvalue weighted by atomic mass is 35.5. The van der Waals surface area contributed by atoms with E-state index in [9.17, 15) is 14.4 Å². The number of carbonyl (C=O) groups is 3. The van der Waals surface area contributed by atoms with Crippen LogP contribution in [0.5, 0.6) is 0 Å². The Morgan fingerprint density at radius 2 is 1.61 bits per heavy atom. The fraction of sp³-hybridized carbons (Fsp3) is 0.350. The molecule has 0 saturated heterocycles. The Morgan fingerprint density at radius 3 is 2.14 bits per heavy atom. The number of Topliss-reactive ketones (excluding diaryl/α,β-unsaturated/α-hetero) is 1. The van der Waals surface area contributed by atoms with Crippen molar-refractivity contribution in [3.63, 3.8) is 0 Å². The van der Waals surface area contributed by atoms with Gasteiger partial charge in [-0.15, -0.1) is 0 Å². The van der Waals surface area contributed by atoms with Crippen molar-refractivity contribution in [1.82, 2.24) is 0 Å². The second-order valence-corrected chi connectivity index (χ2v) is 7.82. The van der Waals surface area contributed by atoms with E-state index in [1.807, 2.05) is 12.2 Å². The fourth-order valence-electron chi connectivity index (χ4n) is 2.85. The number of rotatable bonds is 6. The molecule has 150 valence electrons. The summed E-state index contributed by atoms with van der Waals surface area (Å²) in [7, 11) is 0. The molecule has 1 aromatic rings. The molecule has 1 aliphatic carbocycles. The van der Waals surface area contributed by atoms with Crippen molar-refractivity contribution in [2.45, 2.75) is 32.8 Å². The van der Waals surface area contributed by atoms with Gasteiger partial charge in [-0.25, -0.2) is 0 Å². The summed E-state index contributed by atoms with van der Waals surface area (Å²) < 4.78 is 5.16. The number of hydrogen-bond acceptors (Lipinski definition) is 4. The van der Waals surface area contributed by atoms with E-state index in [4.69, 9.17) is 39.5 Å². The smallest absolute Gasteiger partial charge is 0.310 e. The average molecular weight is 445 g/mol. The first kappa shape index (κ1) is 22.5. The maximum Gasteiger partial charge on any atom is 0.310 e. The van der Waals surface area contributed by atoms with Crippen molar-refractivity contribution in [1.29, 1.82) is 0 Å². The molecule has 28 heavy (non-hydrogen) atoms. The van der Waals surface area contributed by atoms with Gasteiger partial charge in [0.25, 0.3) is 0 Å². The van der Waals surface area contributed by atoms with E-state index >= 15 is 0 Å². The predicted molar refractivity (Wildman–Crippen MR) is 111 cm³/mol. The Labute approximate surface area is 178 Å². The highest BCUT2D eigenvalue weighted by molar-refractivity contribution is 6.59. The van der Waals surface area contributed by atoms with Gasteiger partial charge in [-0.1, -0.05) is 47.0 Å². The average Bonchev–Trinajstić information content (AvgIpc) is 2.67. The highest BCUT2D eigenvalue weighted by Gasteiger charge is 2.36. The summed E-state index contributed by atoms with van der Waals surface area (Å²) in [6.07, 6.45) is 3.67. The molecule has 1 aromatic carbocycles. The van der Waals surface area contributed by atoms with Crippen molar-refractivity contribution in [2.24, 2.45) is 11.8 Å². The first-order valence-corrected chi connectivity index (χ1v) is 9.82. The summed E-state index contributed by atoms with van der Waals surface area (Å²) in [5.74, 6) is -2.14. The summed E-state index contributed by atoms with van der Waals surface area (Å²) in [5.41, 5.74) is 1.10. The van der Waals surface area contributed by atoms with Gasteiger partial charge in [0.15, 0.2) is 5.78 Å². The van der Waals surface area contributed by atoms with E-state index in [1.165, 1.54) is 6.92 Å². The van der Waals surface area contributed by atoms with Crippen molar-refractivity contribution < 1.29 is 19.1 Å². The molecule has 0 aliphatic heterocycles. The molecule has 1 amide bonds. The molecule has 0 saturated carbocycles. The lowest BCUT2D eigenvalue weighted by Gasteiger charge is -2.27. The van der Waals surface area contributed by atoms with Gasteiger partial charge in [0.1, 0.15) is 10.6 Å². The zero-order valence-electron chi connectivity index (χ0n) is 15.4. The Bertz CT molecular complexity index is 813. The Morgan fingerprint density at radius 1 is 1.04 bits per heavy atom. The molecule has 1 N–H and O–H groups in total. The molecule has 8 heteroatoms. The lowest BCUT2D eigenvalue weighted by atomic mass is 9.82. The van der Waals surface area contributed by atoms with Gasteiger partial charge in [0, 0.05) is 11.3 Å². The molecule has 0 unspecified atom stereocenters. The summed E-state index contributed by atoms with van der Waals surface area (Å²) in [6, 6.07) is 6.57. The van der Waals surface area contributed by atoms with Crippen LogP contribution in [0.25, 0.3) is 0 Å². The molecule has 0 spiro atoms. The maximum absolute atomic E-state index is 12.7. The van der Waals surface area contributed by atoms with Crippen LogP contribution in [0.4, 0.5) is 5.69 Å². The van der Waals surface area contributed by atoms with E-state index in [0.717, 1.165) is 0 Å². The monoisotopic (exact) mass is 443 g/mol. The van der Waals surface area contributed by atoms with E-state index in [0.29, 0.717) is 24.1 Å². The summed E-state index contributed by atoms with van der Waals surface area (Å²) in [4.78, 5) is 36.7. The summed E-state index contributed by atoms with van der Waals surface area (Å²) in [6.45, 7) is 3.02. The third-order valence-electron chi connectivity index (χ3n) is 4.46. The molecule has 5 nitrogen and oxygen atoms in total. The Balaban J connectivity index is 2.08. The quantitative estimate of drug-likeness (QED) is 0.370. The second-order valence-electron chi connectivity index (χ2n) is 6.47. The van der Waals surface area contributed by atoms with Gasteiger partial charge in [0.2, 0.25) is 5.91 Å². The van der Waals surface area contributed by atoms with E-state index in [2.05, 4.69) is 5.32 Å². The first-order valence-electron chi connectivity index (χ1n) is 8.68. The first-order chi connectivity index (χ1) is 13.2. The van der Waals surface area contributed by atoms with Crippen LogP contribution in [0, 0.1) is 11.8 Å². The van der Waals surface area contributed by atoms with E-state index < -0.39 is 23.9 Å². The lowest BCUT2D eigenvalue weighted by Crippen LogP contribution is -2.36. The topological polar surface area (TPSA) is 72.5 Å². The van der Waals surface area contributed by atoms with Crippen LogP contribution in [-0.2, 0) is 14.3 Å². The predicted octanol–water partition coefficient (Wildman–Crippen LogP) is 5.23. The van der Waals surface area contributed by atoms with Crippen LogP contribution in [0.1, 0.15) is 37.0 Å². The van der Waals surface area contributed by atoms with Crippen LogP contribution in [0.3, 0.4) is 0 Å². The number of ether oxygens (including phenoxy) is 1. The summed E-state index contributed by atoms with van der Waals surface area (Å²) in [5, 5.41) is 2.81. The summed E-state index contributed by atoms with van der Waals surface area (Å²) >= 11 is 17.1. The number of ketones is 1. The van der Waals surface area contributed by atoms with E-state index in [1.54, 1.807) is 31.2 Å². The lowest BCUT2D eigenvalue weighted by molar-refractivity contribution is -0.155. The van der Waals surface area contributed by atoms with Crippen LogP contribution < -0.4 is 5.32 Å². The van der Waals surface area contributed by atoms with E-state index in [-0.39, 0.29) is 21.2 Å². The number of nitrogens with one attached hydrogen (secondary N) is 1. The van der Waals surface area contributed by atoms with Crippen LogP contribution in [0.15, 0.2) is 45.9 Å². The number of halogens is 3. The number of amides is 1. The molecule has 3 atom stereocenters. The van der Waals surface area contributed by atoms with Crippen molar-refractivity contribution >= 4 is 58.1 Å². The Kier molecular flexibility index (Phi) is 8.10. The van der Waals surface area contributed by atoms with Gasteiger partial charge < -0.3 is 10.1 Å². The van der Waals surface area contributed by atoms with Gasteiger partial charge in [-0.3, -0.25) is 14.4 Å². The zero-order valence-corrected chi connectivity index (χ0v) is 17.6. The molecule has 0 fully saturated rings. The van der Waals surface area contributed by atoms with Crippen molar-refractivity contribution in [3.8, 4) is 0 Å².